The third kappa shape index (κ3) is 5.53. The number of nitrogens with zero attached hydrogens (tertiary/aromatic N) is 2. The Bertz CT molecular complexity index is 366. The Morgan fingerprint density at radius 2 is 2.05 bits per heavy atom. The van der Waals surface area contributed by atoms with Crippen LogP contribution in [0, 0.1) is 0 Å². The highest BCUT2D eigenvalue weighted by Gasteiger charge is 2.28. The van der Waals surface area contributed by atoms with Crippen LogP contribution in [0.3, 0.4) is 0 Å². The Morgan fingerprint density at radius 1 is 1.38 bits per heavy atom. The quantitative estimate of drug-likeness (QED) is 0.784. The molecule has 1 atom stereocenters. The van der Waals surface area contributed by atoms with E-state index in [0.717, 1.165) is 19.5 Å². The van der Waals surface area contributed by atoms with Gasteiger partial charge in [-0.15, -0.1) is 0 Å². The number of hydrogen-bond acceptors (Lipinski definition) is 3. The second-order valence-electron chi connectivity index (χ2n) is 6.58. The molecule has 122 valence electrons. The minimum atomic E-state index is -0.884. The average Bonchev–Trinajstić information content (AvgIpc) is 2.81. The van der Waals surface area contributed by atoms with Crippen LogP contribution in [0.2, 0.25) is 0 Å². The molecular formula is C15H29N3O3. The van der Waals surface area contributed by atoms with E-state index < -0.39 is 5.97 Å². The minimum absolute atomic E-state index is 0.0325. The van der Waals surface area contributed by atoms with Crippen molar-refractivity contribution in [2.24, 2.45) is 0 Å². The number of likely N-dealkylation sites (tertiary alicyclic amines) is 1. The van der Waals surface area contributed by atoms with Crippen molar-refractivity contribution >= 4 is 12.0 Å². The zero-order valence-corrected chi connectivity index (χ0v) is 13.7. The molecule has 0 bridgehead atoms. The van der Waals surface area contributed by atoms with Crippen molar-refractivity contribution in [3.8, 4) is 0 Å². The second-order valence-corrected chi connectivity index (χ2v) is 6.58. The van der Waals surface area contributed by atoms with Gasteiger partial charge >= 0.3 is 12.0 Å². The first kappa shape index (κ1) is 17.8. The number of nitrogens with one attached hydrogen (secondary N) is 1. The molecule has 6 heteroatoms. The smallest absolute Gasteiger partial charge is 0.317 e. The van der Waals surface area contributed by atoms with E-state index in [-0.39, 0.29) is 24.5 Å². The number of carbonyl (C=O) groups excluding carboxylic acids is 1. The van der Waals surface area contributed by atoms with Crippen molar-refractivity contribution in [2.75, 3.05) is 26.2 Å². The van der Waals surface area contributed by atoms with Gasteiger partial charge in [0.15, 0.2) is 0 Å². The molecule has 0 aromatic rings. The van der Waals surface area contributed by atoms with Crippen LogP contribution in [-0.4, -0.2) is 64.7 Å². The van der Waals surface area contributed by atoms with Crippen molar-refractivity contribution in [1.29, 1.82) is 0 Å². The van der Waals surface area contributed by atoms with Gasteiger partial charge in [0.25, 0.3) is 0 Å². The molecule has 0 aliphatic carbocycles. The summed E-state index contributed by atoms with van der Waals surface area (Å²) in [5.41, 5.74) is -0.389. The molecule has 1 rings (SSSR count). The van der Waals surface area contributed by atoms with Crippen LogP contribution in [0.4, 0.5) is 4.79 Å². The van der Waals surface area contributed by atoms with Crippen LogP contribution >= 0.6 is 0 Å². The summed E-state index contributed by atoms with van der Waals surface area (Å²) in [5.74, 6) is -0.884. The van der Waals surface area contributed by atoms with Gasteiger partial charge in [-0.25, -0.2) is 4.79 Å². The fourth-order valence-corrected chi connectivity index (χ4v) is 2.79. The summed E-state index contributed by atoms with van der Waals surface area (Å²) in [6.07, 6.45) is 2.25. The van der Waals surface area contributed by atoms with Crippen LogP contribution in [0.1, 0.15) is 47.0 Å². The topological polar surface area (TPSA) is 72.9 Å². The van der Waals surface area contributed by atoms with Crippen LogP contribution in [0.25, 0.3) is 0 Å². The predicted molar refractivity (Wildman–Crippen MR) is 82.4 cm³/mol. The molecule has 1 aliphatic heterocycles. The monoisotopic (exact) mass is 299 g/mol. The molecule has 0 spiro atoms. The number of carbonyl (C=O) groups is 2. The zero-order chi connectivity index (χ0) is 16.0. The van der Waals surface area contributed by atoms with Crippen LogP contribution in [-0.2, 0) is 4.79 Å². The molecule has 1 saturated heterocycles. The van der Waals surface area contributed by atoms with Crippen LogP contribution < -0.4 is 5.32 Å². The lowest BCUT2D eigenvalue weighted by atomic mass is 10.1. The Labute approximate surface area is 127 Å². The third-order valence-corrected chi connectivity index (χ3v) is 4.00. The van der Waals surface area contributed by atoms with Crippen molar-refractivity contribution in [3.63, 3.8) is 0 Å². The number of hydrogen-bond donors (Lipinski definition) is 2. The Kier molecular flexibility index (Phi) is 6.45. The van der Waals surface area contributed by atoms with Gasteiger partial charge in [-0.1, -0.05) is 6.92 Å². The molecule has 6 nitrogen and oxygen atoms in total. The Hall–Kier alpha value is -1.30. The highest BCUT2D eigenvalue weighted by atomic mass is 16.4. The summed E-state index contributed by atoms with van der Waals surface area (Å²) < 4.78 is 0. The molecule has 0 aromatic carbocycles. The second kappa shape index (κ2) is 7.64. The summed E-state index contributed by atoms with van der Waals surface area (Å²) >= 11 is 0. The first-order valence-electron chi connectivity index (χ1n) is 7.77. The van der Waals surface area contributed by atoms with E-state index in [1.807, 2.05) is 20.8 Å². The van der Waals surface area contributed by atoms with Gasteiger partial charge in [0.05, 0.1) is 6.42 Å². The maximum absolute atomic E-state index is 12.4. The summed E-state index contributed by atoms with van der Waals surface area (Å²) in [6, 6.07) is 0.229. The summed E-state index contributed by atoms with van der Waals surface area (Å²) in [4.78, 5) is 27.1. The molecule has 2 N–H and O–H groups in total. The molecule has 2 amide bonds. The van der Waals surface area contributed by atoms with Crippen molar-refractivity contribution in [3.05, 3.63) is 0 Å². The van der Waals surface area contributed by atoms with E-state index in [4.69, 9.17) is 5.11 Å². The minimum Gasteiger partial charge on any atom is -0.481 e. The predicted octanol–water partition coefficient (Wildman–Crippen LogP) is 1.76. The molecule has 0 saturated carbocycles. The fourth-order valence-electron chi connectivity index (χ4n) is 2.79. The molecule has 0 radical (unpaired) electrons. The van der Waals surface area contributed by atoms with E-state index in [1.165, 1.54) is 6.42 Å². The standard InChI is InChI=1S/C15H29N3O3/c1-5-17-9-6-7-12(17)11-16-14(21)18(15(2,3)4)10-8-13(19)20/h12H,5-11H2,1-4H3,(H,16,21)(H,19,20). The number of carboxylic acids is 1. The maximum atomic E-state index is 12.4. The Morgan fingerprint density at radius 3 is 2.57 bits per heavy atom. The van der Waals surface area contributed by atoms with Crippen LogP contribution in [0.15, 0.2) is 0 Å². The average molecular weight is 299 g/mol. The number of likely N-dealkylation sites (N-methyl/N-ethyl adjacent to an activating group) is 1. The summed E-state index contributed by atoms with van der Waals surface area (Å²) in [6.45, 7) is 10.8. The fraction of sp³-hybridized carbons (Fsp3) is 0.867. The van der Waals surface area contributed by atoms with Gasteiger partial charge in [0.1, 0.15) is 0 Å². The normalized spacial score (nSPS) is 19.5. The maximum Gasteiger partial charge on any atom is 0.317 e. The molecule has 0 aromatic heterocycles. The van der Waals surface area contributed by atoms with Gasteiger partial charge in [-0.05, 0) is 46.7 Å². The lowest BCUT2D eigenvalue weighted by molar-refractivity contribution is -0.137. The van der Waals surface area contributed by atoms with Crippen molar-refractivity contribution < 1.29 is 14.7 Å². The molecule has 1 unspecified atom stereocenters. The molecular weight excluding hydrogens is 270 g/mol. The van der Waals surface area contributed by atoms with Gasteiger partial charge < -0.3 is 15.3 Å². The summed E-state index contributed by atoms with van der Waals surface area (Å²) in [7, 11) is 0. The first-order chi connectivity index (χ1) is 9.75. The number of amides is 2. The Balaban J connectivity index is 2.54. The first-order valence-corrected chi connectivity index (χ1v) is 7.77. The molecule has 1 aliphatic rings. The molecule has 1 heterocycles. The number of aliphatic carboxylic acids is 1. The third-order valence-electron chi connectivity index (χ3n) is 4.00. The zero-order valence-electron chi connectivity index (χ0n) is 13.7. The van der Waals surface area contributed by atoms with E-state index in [1.54, 1.807) is 4.90 Å². The molecule has 1 fully saturated rings. The van der Waals surface area contributed by atoms with Crippen molar-refractivity contribution in [1.82, 2.24) is 15.1 Å². The lowest BCUT2D eigenvalue weighted by Gasteiger charge is -2.36. The van der Waals surface area contributed by atoms with Gasteiger partial charge in [-0.3, -0.25) is 9.69 Å². The van der Waals surface area contributed by atoms with E-state index in [2.05, 4.69) is 17.1 Å². The SMILES string of the molecule is CCN1CCCC1CNC(=O)N(CCC(=O)O)C(C)(C)C. The largest absolute Gasteiger partial charge is 0.481 e. The summed E-state index contributed by atoms with van der Waals surface area (Å²) in [5, 5.41) is 11.8. The van der Waals surface area contributed by atoms with Crippen molar-refractivity contribution in [2.45, 2.75) is 58.5 Å². The van der Waals surface area contributed by atoms with Gasteiger partial charge in [0, 0.05) is 24.7 Å². The van der Waals surface area contributed by atoms with Crippen LogP contribution in [0.5, 0.6) is 0 Å². The number of carboxylic acid groups (broad SMARTS) is 1. The number of rotatable bonds is 6. The highest BCUT2D eigenvalue weighted by Crippen LogP contribution is 2.17. The van der Waals surface area contributed by atoms with Gasteiger partial charge in [-0.2, -0.15) is 0 Å². The molecule has 21 heavy (non-hydrogen) atoms. The van der Waals surface area contributed by atoms with E-state index in [9.17, 15) is 9.59 Å². The highest BCUT2D eigenvalue weighted by molar-refractivity contribution is 5.76. The lowest BCUT2D eigenvalue weighted by Crippen LogP contribution is -2.53. The number of urea groups is 1. The van der Waals surface area contributed by atoms with E-state index >= 15 is 0 Å². The van der Waals surface area contributed by atoms with Gasteiger partial charge in [0.2, 0.25) is 0 Å². The van der Waals surface area contributed by atoms with E-state index in [0.29, 0.717) is 12.6 Å².